The molecule has 2 atom stereocenters. The van der Waals surface area contributed by atoms with Gasteiger partial charge in [0.15, 0.2) is 11.6 Å². The molecule has 4 N–H and O–H groups in total. The van der Waals surface area contributed by atoms with Gasteiger partial charge in [-0.15, -0.1) is 0 Å². The third-order valence-corrected chi connectivity index (χ3v) is 12.4. The second-order valence-corrected chi connectivity index (χ2v) is 19.2. The third kappa shape index (κ3) is 17.4. The van der Waals surface area contributed by atoms with Crippen LogP contribution in [-0.2, 0) is 36.8 Å². The largest absolute Gasteiger partial charge is 0.480 e. The van der Waals surface area contributed by atoms with Crippen molar-refractivity contribution in [2.45, 2.75) is 125 Å². The highest BCUT2D eigenvalue weighted by atomic mass is 16.6. The second kappa shape index (κ2) is 28.2. The fraction of sp³-hybridized carbons (Fsp3) is 0.519. The molecule has 0 spiro atoms. The molecule has 4 heterocycles. The third-order valence-electron chi connectivity index (χ3n) is 12.4. The molecule has 0 unspecified atom stereocenters. The Balaban J connectivity index is 0.000000281. The van der Waals surface area contributed by atoms with E-state index in [-0.39, 0.29) is 42.7 Å². The highest BCUT2D eigenvalue weighted by Crippen LogP contribution is 2.29. The van der Waals surface area contributed by atoms with Crippen molar-refractivity contribution in [2.75, 3.05) is 89.6 Å². The van der Waals surface area contributed by atoms with Crippen LogP contribution in [0.1, 0.15) is 106 Å². The summed E-state index contributed by atoms with van der Waals surface area (Å²) >= 11 is 0. The van der Waals surface area contributed by atoms with E-state index >= 15 is 0 Å². The Labute approximate surface area is 445 Å². The quantitative estimate of drug-likeness (QED) is 0.0585. The van der Waals surface area contributed by atoms with Gasteiger partial charge in [-0.3, -0.25) is 9.59 Å². The number of aliphatic carboxylic acids is 1. The number of nitrogens with zero attached hydrogens (tertiary/aromatic N) is 9. The first-order valence-electron chi connectivity index (χ1n) is 26.2. The zero-order valence-corrected chi connectivity index (χ0v) is 45.7. The lowest BCUT2D eigenvalue weighted by atomic mass is 10.0. The van der Waals surface area contributed by atoms with Gasteiger partial charge in [0.2, 0.25) is 23.7 Å². The number of likely N-dealkylation sites (tertiary alicyclic amines) is 2. The molecule has 0 radical (unpaired) electrons. The van der Waals surface area contributed by atoms with Crippen LogP contribution in [0.2, 0.25) is 0 Å². The Morgan fingerprint density at radius 3 is 1.47 bits per heavy atom. The summed E-state index contributed by atoms with van der Waals surface area (Å²) in [5, 5.41) is 18.9. The van der Waals surface area contributed by atoms with Crippen molar-refractivity contribution in [3.05, 3.63) is 72.1 Å². The Morgan fingerprint density at radius 1 is 0.632 bits per heavy atom. The van der Waals surface area contributed by atoms with Crippen molar-refractivity contribution in [1.29, 1.82) is 0 Å². The van der Waals surface area contributed by atoms with Crippen LogP contribution in [0.15, 0.2) is 60.9 Å². The molecular weight excluding hydrogens is 977 g/mol. The van der Waals surface area contributed by atoms with Crippen molar-refractivity contribution in [3.8, 4) is 11.5 Å². The summed E-state index contributed by atoms with van der Waals surface area (Å²) in [4.78, 5) is 101. The molecule has 22 heteroatoms. The number of hydrogen-bond acceptors (Lipinski definition) is 17. The summed E-state index contributed by atoms with van der Waals surface area (Å²) < 4.78 is 16.6. The topological polar surface area (TPSA) is 254 Å². The zero-order valence-electron chi connectivity index (χ0n) is 45.7. The molecule has 2 aliphatic heterocycles. The highest BCUT2D eigenvalue weighted by molar-refractivity contribution is 5.95. The predicted molar refractivity (Wildman–Crippen MR) is 291 cm³/mol. The number of nitrogens with one attached hydrogen (secondary N) is 3. The number of amides is 4. The summed E-state index contributed by atoms with van der Waals surface area (Å²) in [6, 6.07) is 12.0. The van der Waals surface area contributed by atoms with Crippen LogP contribution in [0.3, 0.4) is 0 Å². The van der Waals surface area contributed by atoms with Gasteiger partial charge < -0.3 is 59.8 Å². The van der Waals surface area contributed by atoms with Crippen LogP contribution in [0.4, 0.5) is 44.5 Å². The first-order chi connectivity index (χ1) is 36.2. The first-order valence-corrected chi connectivity index (χ1v) is 26.2. The smallest absolute Gasteiger partial charge is 0.415 e. The molecule has 0 bridgehead atoms. The number of benzene rings is 2. The van der Waals surface area contributed by atoms with E-state index in [0.717, 1.165) is 36.8 Å². The van der Waals surface area contributed by atoms with Crippen LogP contribution in [-0.4, -0.2) is 147 Å². The maximum Gasteiger partial charge on any atom is 0.415 e. The van der Waals surface area contributed by atoms with E-state index in [2.05, 4.69) is 35.9 Å². The minimum Gasteiger partial charge on any atom is -0.480 e. The predicted octanol–water partition coefficient (Wildman–Crippen LogP) is 7.64. The van der Waals surface area contributed by atoms with Gasteiger partial charge in [-0.1, -0.05) is 24.3 Å². The maximum absolute atomic E-state index is 13.3. The molecule has 412 valence electrons. The monoisotopic (exact) mass is 1050 g/mol. The van der Waals surface area contributed by atoms with E-state index in [1.165, 1.54) is 24.9 Å². The lowest BCUT2D eigenvalue weighted by Crippen LogP contribution is -2.38. The summed E-state index contributed by atoms with van der Waals surface area (Å²) in [6.07, 6.45) is 6.68. The summed E-state index contributed by atoms with van der Waals surface area (Å²) in [5.74, 6) is 0.334. The lowest BCUT2D eigenvalue weighted by molar-refractivity contribution is -0.155. The molecule has 76 heavy (non-hydrogen) atoms. The number of carbonyl (C=O) groups excluding carboxylic acids is 5. The van der Waals surface area contributed by atoms with Gasteiger partial charge in [0.1, 0.15) is 40.6 Å². The number of carboxylic acids is 1. The fourth-order valence-corrected chi connectivity index (χ4v) is 8.40. The molecular formula is C54H76N12O10. The van der Waals surface area contributed by atoms with Gasteiger partial charge >= 0.3 is 24.1 Å². The zero-order chi connectivity index (χ0) is 55.5. The van der Waals surface area contributed by atoms with Gasteiger partial charge in [-0.05, 0) is 116 Å². The van der Waals surface area contributed by atoms with Gasteiger partial charge in [0.05, 0.1) is 12.4 Å². The number of ether oxygens (including phenoxy) is 3. The average molecular weight is 1050 g/mol. The number of rotatable bonds is 21. The Morgan fingerprint density at radius 2 is 1.07 bits per heavy atom. The molecule has 2 aromatic heterocycles. The van der Waals surface area contributed by atoms with Crippen molar-refractivity contribution in [2.24, 2.45) is 0 Å². The molecule has 0 aliphatic carbocycles. The molecule has 4 amide bonds. The summed E-state index contributed by atoms with van der Waals surface area (Å²) in [6.45, 7) is 24.0. The van der Waals surface area contributed by atoms with Crippen LogP contribution in [0, 0.1) is 0 Å². The minimum atomic E-state index is -1.07. The van der Waals surface area contributed by atoms with E-state index in [9.17, 15) is 33.9 Å². The number of carboxylic acid groups (broad SMARTS) is 1. The van der Waals surface area contributed by atoms with Crippen LogP contribution in [0.25, 0.3) is 0 Å². The molecule has 2 saturated heterocycles. The van der Waals surface area contributed by atoms with E-state index < -0.39 is 29.6 Å². The van der Waals surface area contributed by atoms with Crippen molar-refractivity contribution >= 4 is 70.8 Å². The fourth-order valence-electron chi connectivity index (χ4n) is 8.40. The SMILES string of the molecule is CCN(CC)c1ncc(N(CC)C(C)=O)c(N[C@@H](Cc2ccc(OC(=O)N3CCCC3)cc2)C(=O)O)n1.CCN(CC)c1ncc(NC(C)=O)c(N[C@@H](Cc2ccc(OC(=O)N3CCCC3)cc2)C(=O)OC(C)(C)C)n1. The number of aromatic nitrogens is 4. The Bertz CT molecular complexity index is 2580. The van der Waals surface area contributed by atoms with Gasteiger partial charge in [-0.2, -0.15) is 9.97 Å². The molecule has 22 nitrogen and oxygen atoms in total. The Kier molecular flexibility index (Phi) is 21.9. The molecule has 2 aliphatic rings. The van der Waals surface area contributed by atoms with E-state index in [1.54, 1.807) is 73.2 Å². The normalized spacial score (nSPS) is 13.8. The maximum atomic E-state index is 13.3. The van der Waals surface area contributed by atoms with Crippen LogP contribution >= 0.6 is 0 Å². The number of hydrogen-bond donors (Lipinski definition) is 4. The Hall–Kier alpha value is -7.78. The molecule has 6 rings (SSSR count). The van der Waals surface area contributed by atoms with E-state index in [0.29, 0.717) is 99.5 Å². The van der Waals surface area contributed by atoms with Crippen LogP contribution in [0.5, 0.6) is 11.5 Å². The lowest BCUT2D eigenvalue weighted by Gasteiger charge is -2.26. The standard InChI is InChI=1S/C28H40N6O5.C26H36N6O5/c1-7-33(8-2)26-29-18-23(30-19(3)35)24(32-26)31-22(25(36)39-28(4,5)6)17-20-11-13-21(14-12-20)38-27(37)34-15-9-10-16-34;1-5-30(6-2)25-27-17-22(32(7-3)18(4)33)23(29-25)28-21(24(34)35)16-19-10-12-20(13-11-19)37-26(36)31-14-8-9-15-31/h11-14,18,22H,7-10,15-17H2,1-6H3,(H,30,35)(H,29,31,32);10-13,17,21H,5-9,14-16H2,1-4H3,(H,34,35)(H,27,28,29)/t22-;21-/m00/s1. The van der Waals surface area contributed by atoms with Crippen molar-refractivity contribution < 1.29 is 48.1 Å². The van der Waals surface area contributed by atoms with Crippen molar-refractivity contribution in [3.63, 3.8) is 0 Å². The van der Waals surface area contributed by atoms with Gasteiger partial charge in [0, 0.05) is 85.6 Å². The average Bonchev–Trinajstić information content (AvgIpc) is 4.14. The molecule has 2 fully saturated rings. The minimum absolute atomic E-state index is 0.145. The number of anilines is 6. The van der Waals surface area contributed by atoms with Crippen molar-refractivity contribution in [1.82, 2.24) is 29.7 Å². The summed E-state index contributed by atoms with van der Waals surface area (Å²) in [5.41, 5.74) is 1.62. The molecule has 4 aromatic rings. The molecule has 2 aromatic carbocycles. The number of esters is 1. The van der Waals surface area contributed by atoms with E-state index in [1.807, 2.05) is 56.6 Å². The first kappa shape index (κ1) is 59.1. The van der Waals surface area contributed by atoms with E-state index in [4.69, 9.17) is 14.2 Å². The molecule has 0 saturated carbocycles. The highest BCUT2D eigenvalue weighted by Gasteiger charge is 2.29. The van der Waals surface area contributed by atoms with Gasteiger partial charge in [0.25, 0.3) is 0 Å². The summed E-state index contributed by atoms with van der Waals surface area (Å²) in [7, 11) is 0. The van der Waals surface area contributed by atoms with Gasteiger partial charge in [-0.25, -0.2) is 29.1 Å². The second-order valence-electron chi connectivity index (χ2n) is 19.2. The van der Waals surface area contributed by atoms with Crippen LogP contribution < -0.4 is 40.1 Å². The number of carbonyl (C=O) groups is 6.